The zero-order valence-corrected chi connectivity index (χ0v) is 17.7. The van der Waals surface area contributed by atoms with Gasteiger partial charge in [0.1, 0.15) is 5.82 Å². The van der Waals surface area contributed by atoms with Gasteiger partial charge in [0.25, 0.3) is 0 Å². The quantitative estimate of drug-likeness (QED) is 0.790. The number of hydrogen-bond acceptors (Lipinski definition) is 4. The first-order chi connectivity index (χ1) is 12.8. The summed E-state index contributed by atoms with van der Waals surface area (Å²) < 4.78 is 40.2. The topological polar surface area (TPSA) is 83.7 Å². The second kappa shape index (κ2) is 9.52. The van der Waals surface area contributed by atoms with Gasteiger partial charge < -0.3 is 10.6 Å². The average molecular weight is 434 g/mol. The Labute approximate surface area is 172 Å². The highest BCUT2D eigenvalue weighted by atomic mass is 35.5. The normalized spacial score (nSPS) is 25.0. The zero-order chi connectivity index (χ0) is 19.6. The standard InChI is InChI=1S/C19H28FN3O3S.ClH/c1-14(21)18-6-2-3-12-23(18)19(24)15-5-4-11-22(13-15)27(25,26)17-9-7-16(20)8-10-17;/h7-10,14-15,18H,2-6,11-13,21H2,1H3;1H. The Morgan fingerprint density at radius 2 is 1.82 bits per heavy atom. The Morgan fingerprint density at radius 3 is 2.46 bits per heavy atom. The first-order valence-electron chi connectivity index (χ1n) is 9.62. The van der Waals surface area contributed by atoms with Crippen molar-refractivity contribution in [2.45, 2.75) is 56.0 Å². The monoisotopic (exact) mass is 433 g/mol. The summed E-state index contributed by atoms with van der Waals surface area (Å²) in [6, 6.07) is 4.74. The molecule has 0 aromatic heterocycles. The smallest absolute Gasteiger partial charge is 0.243 e. The summed E-state index contributed by atoms with van der Waals surface area (Å²) in [5.41, 5.74) is 6.08. The number of carbonyl (C=O) groups is 1. The van der Waals surface area contributed by atoms with Crippen LogP contribution in [0.15, 0.2) is 29.2 Å². The first-order valence-corrected chi connectivity index (χ1v) is 11.1. The number of benzene rings is 1. The zero-order valence-electron chi connectivity index (χ0n) is 16.1. The van der Waals surface area contributed by atoms with Crippen LogP contribution in [0.5, 0.6) is 0 Å². The van der Waals surface area contributed by atoms with Gasteiger partial charge in [-0.3, -0.25) is 4.79 Å². The third kappa shape index (κ3) is 4.84. The molecular formula is C19H29ClFN3O3S. The molecule has 1 aromatic carbocycles. The van der Waals surface area contributed by atoms with Gasteiger partial charge in [0.2, 0.25) is 15.9 Å². The highest BCUT2D eigenvalue weighted by Crippen LogP contribution is 2.28. The largest absolute Gasteiger partial charge is 0.338 e. The van der Waals surface area contributed by atoms with Crippen molar-refractivity contribution in [1.82, 2.24) is 9.21 Å². The maximum absolute atomic E-state index is 13.1. The lowest BCUT2D eigenvalue weighted by atomic mass is 9.92. The molecule has 3 rings (SSSR count). The van der Waals surface area contributed by atoms with Crippen molar-refractivity contribution < 1.29 is 17.6 Å². The van der Waals surface area contributed by atoms with E-state index < -0.39 is 15.8 Å². The van der Waals surface area contributed by atoms with Crippen LogP contribution in [0.25, 0.3) is 0 Å². The van der Waals surface area contributed by atoms with Gasteiger partial charge in [-0.05, 0) is 63.3 Å². The molecule has 6 nitrogen and oxygen atoms in total. The molecule has 9 heteroatoms. The van der Waals surface area contributed by atoms with Gasteiger partial charge in [0.15, 0.2) is 0 Å². The summed E-state index contributed by atoms with van der Waals surface area (Å²) in [5.74, 6) is -0.822. The molecule has 0 spiro atoms. The Morgan fingerprint density at radius 1 is 1.14 bits per heavy atom. The summed E-state index contributed by atoms with van der Waals surface area (Å²) in [6.45, 7) is 3.15. The van der Waals surface area contributed by atoms with Gasteiger partial charge in [0.05, 0.1) is 10.8 Å². The van der Waals surface area contributed by atoms with Crippen molar-refractivity contribution in [3.05, 3.63) is 30.1 Å². The fourth-order valence-corrected chi connectivity index (χ4v) is 5.65. The van der Waals surface area contributed by atoms with E-state index in [1.54, 1.807) is 0 Å². The van der Waals surface area contributed by atoms with E-state index in [1.165, 1.54) is 16.4 Å². The number of piperidine rings is 2. The molecule has 2 N–H and O–H groups in total. The molecule has 0 saturated carbocycles. The number of amides is 1. The van der Waals surface area contributed by atoms with Crippen LogP contribution >= 0.6 is 12.4 Å². The molecule has 0 radical (unpaired) electrons. The van der Waals surface area contributed by atoms with Crippen LogP contribution in [-0.4, -0.2) is 55.2 Å². The Kier molecular flexibility index (Phi) is 7.84. The molecule has 2 saturated heterocycles. The predicted octanol–water partition coefficient (Wildman–Crippen LogP) is 2.38. The van der Waals surface area contributed by atoms with Gasteiger partial charge in [-0.1, -0.05) is 0 Å². The van der Waals surface area contributed by atoms with Crippen molar-refractivity contribution in [1.29, 1.82) is 0 Å². The highest BCUT2D eigenvalue weighted by molar-refractivity contribution is 7.89. The molecule has 3 atom stereocenters. The molecule has 0 bridgehead atoms. The summed E-state index contributed by atoms with van der Waals surface area (Å²) >= 11 is 0. The summed E-state index contributed by atoms with van der Waals surface area (Å²) in [7, 11) is -3.73. The van der Waals surface area contributed by atoms with E-state index in [-0.39, 0.29) is 47.8 Å². The van der Waals surface area contributed by atoms with Crippen molar-refractivity contribution in [3.8, 4) is 0 Å². The van der Waals surface area contributed by atoms with E-state index >= 15 is 0 Å². The number of likely N-dealkylation sites (tertiary alicyclic amines) is 1. The van der Waals surface area contributed by atoms with E-state index in [0.29, 0.717) is 25.9 Å². The molecule has 1 aromatic rings. The molecule has 2 aliphatic rings. The molecule has 28 heavy (non-hydrogen) atoms. The number of nitrogens with two attached hydrogens (primary N) is 1. The molecule has 2 fully saturated rings. The molecule has 0 aliphatic carbocycles. The fraction of sp³-hybridized carbons (Fsp3) is 0.632. The summed E-state index contributed by atoms with van der Waals surface area (Å²) in [6.07, 6.45) is 4.22. The Hall–Kier alpha value is -1.22. The summed E-state index contributed by atoms with van der Waals surface area (Å²) in [5, 5.41) is 0. The molecule has 1 amide bonds. The van der Waals surface area contributed by atoms with Crippen LogP contribution < -0.4 is 5.73 Å². The van der Waals surface area contributed by atoms with Crippen molar-refractivity contribution in [3.63, 3.8) is 0 Å². The summed E-state index contributed by atoms with van der Waals surface area (Å²) in [4.78, 5) is 15.0. The number of rotatable bonds is 4. The van der Waals surface area contributed by atoms with Gasteiger partial charge in [-0.15, -0.1) is 12.4 Å². The first kappa shape index (κ1) is 23.1. The molecular weight excluding hydrogens is 405 g/mol. The highest BCUT2D eigenvalue weighted by Gasteiger charge is 2.38. The van der Waals surface area contributed by atoms with Gasteiger partial charge in [0, 0.05) is 31.7 Å². The van der Waals surface area contributed by atoms with Crippen LogP contribution in [0.1, 0.15) is 39.0 Å². The van der Waals surface area contributed by atoms with E-state index in [2.05, 4.69) is 0 Å². The minimum atomic E-state index is -3.73. The van der Waals surface area contributed by atoms with Crippen LogP contribution in [0.3, 0.4) is 0 Å². The second-order valence-corrected chi connectivity index (χ2v) is 9.55. The van der Waals surface area contributed by atoms with Crippen LogP contribution in [-0.2, 0) is 14.8 Å². The van der Waals surface area contributed by atoms with Crippen LogP contribution in [0, 0.1) is 11.7 Å². The molecule has 2 aliphatic heterocycles. The third-order valence-corrected chi connectivity index (χ3v) is 7.50. The lowest BCUT2D eigenvalue weighted by Gasteiger charge is -2.41. The predicted molar refractivity (Wildman–Crippen MR) is 108 cm³/mol. The molecule has 3 unspecified atom stereocenters. The lowest BCUT2D eigenvalue weighted by molar-refractivity contribution is -0.141. The lowest BCUT2D eigenvalue weighted by Crippen LogP contribution is -2.55. The number of sulfonamides is 1. The molecule has 2 heterocycles. The second-order valence-electron chi connectivity index (χ2n) is 7.61. The number of hydrogen-bond donors (Lipinski definition) is 1. The maximum atomic E-state index is 13.1. The van der Waals surface area contributed by atoms with E-state index in [9.17, 15) is 17.6 Å². The van der Waals surface area contributed by atoms with Crippen molar-refractivity contribution >= 4 is 28.3 Å². The van der Waals surface area contributed by atoms with Gasteiger partial charge in [-0.25, -0.2) is 12.8 Å². The van der Waals surface area contributed by atoms with E-state index in [4.69, 9.17) is 5.73 Å². The van der Waals surface area contributed by atoms with Crippen LogP contribution in [0.4, 0.5) is 4.39 Å². The minimum absolute atomic E-state index is 0. The van der Waals surface area contributed by atoms with Crippen molar-refractivity contribution in [2.24, 2.45) is 11.7 Å². The maximum Gasteiger partial charge on any atom is 0.243 e. The molecule has 158 valence electrons. The average Bonchev–Trinajstić information content (AvgIpc) is 2.68. The van der Waals surface area contributed by atoms with Gasteiger partial charge in [-0.2, -0.15) is 4.31 Å². The number of nitrogens with zero attached hydrogens (tertiary/aromatic N) is 2. The number of carbonyl (C=O) groups excluding carboxylic acids is 1. The van der Waals surface area contributed by atoms with Crippen molar-refractivity contribution in [2.75, 3.05) is 19.6 Å². The third-order valence-electron chi connectivity index (χ3n) is 5.62. The Bertz CT molecular complexity index is 773. The van der Waals surface area contributed by atoms with E-state index in [1.807, 2.05) is 11.8 Å². The Balaban J connectivity index is 0.00000280. The minimum Gasteiger partial charge on any atom is -0.338 e. The van der Waals surface area contributed by atoms with Gasteiger partial charge >= 0.3 is 0 Å². The van der Waals surface area contributed by atoms with E-state index in [0.717, 1.165) is 31.4 Å². The fourth-order valence-electron chi connectivity index (χ4n) is 4.13. The SMILES string of the molecule is CC(N)C1CCCCN1C(=O)C1CCCN(S(=O)(=O)c2ccc(F)cc2)C1.Cl. The number of halogens is 2. The van der Waals surface area contributed by atoms with Crippen LogP contribution in [0.2, 0.25) is 0 Å².